The molecule has 2 aromatic heterocycles. The van der Waals surface area contributed by atoms with Gasteiger partial charge in [0.25, 0.3) is 0 Å². The number of thioether (sulfide) groups is 1. The summed E-state index contributed by atoms with van der Waals surface area (Å²) in [5, 5.41) is 1.15. The number of hydrogen-bond acceptors (Lipinski definition) is 6. The van der Waals surface area contributed by atoms with E-state index >= 15 is 0 Å². The molecule has 8 heteroatoms. The third-order valence-corrected chi connectivity index (χ3v) is 4.12. The first kappa shape index (κ1) is 17.5. The molecule has 2 heterocycles. The second-order valence-corrected chi connectivity index (χ2v) is 6.03. The largest absolute Gasteiger partial charge is 0.462 e. The van der Waals surface area contributed by atoms with Gasteiger partial charge in [0.15, 0.2) is 10.8 Å². The number of fused-ring (bicyclic) bond motifs is 1. The Morgan fingerprint density at radius 3 is 2.78 bits per heavy atom. The Bertz CT molecular complexity index is 833. The normalized spacial score (nSPS) is 11.7. The van der Waals surface area contributed by atoms with E-state index in [1.807, 2.05) is 6.92 Å². The molecule has 0 radical (unpaired) electrons. The second kappa shape index (κ2) is 7.61. The zero-order chi connectivity index (χ0) is 17.0. The molecule has 0 fully saturated rings. The Balaban J connectivity index is 2.82. The van der Waals surface area contributed by atoms with Crippen molar-refractivity contribution in [1.82, 2.24) is 9.55 Å². The lowest BCUT2D eigenvalue weighted by Gasteiger charge is -2.13. The molecule has 0 N–H and O–H groups in total. The smallest absolute Gasteiger partial charge is 0.343 e. The van der Waals surface area contributed by atoms with E-state index in [2.05, 4.69) is 9.98 Å². The van der Waals surface area contributed by atoms with Gasteiger partial charge in [-0.1, -0.05) is 30.3 Å². The molecular formula is C15H16ClN3O3S. The molecule has 0 unspecified atom stereocenters. The van der Waals surface area contributed by atoms with E-state index in [0.717, 1.165) is 5.75 Å². The van der Waals surface area contributed by atoms with Gasteiger partial charge in [0.2, 0.25) is 5.43 Å². The van der Waals surface area contributed by atoms with Crippen molar-refractivity contribution in [3.05, 3.63) is 39.3 Å². The van der Waals surface area contributed by atoms with E-state index in [1.165, 1.54) is 24.0 Å². The molecule has 0 saturated carbocycles. The van der Waals surface area contributed by atoms with E-state index < -0.39 is 11.4 Å². The van der Waals surface area contributed by atoms with Crippen molar-refractivity contribution in [3.8, 4) is 0 Å². The molecule has 122 valence electrons. The van der Waals surface area contributed by atoms with Crippen LogP contribution < -0.4 is 5.43 Å². The highest BCUT2D eigenvalue weighted by atomic mass is 35.5. The molecule has 0 aliphatic carbocycles. The zero-order valence-electron chi connectivity index (χ0n) is 13.0. The maximum absolute atomic E-state index is 12.5. The molecule has 0 atom stereocenters. The molecule has 0 aliphatic rings. The Morgan fingerprint density at radius 2 is 2.17 bits per heavy atom. The lowest BCUT2D eigenvalue weighted by atomic mass is 10.2. The minimum absolute atomic E-state index is 0.0543. The number of halogens is 1. The summed E-state index contributed by atoms with van der Waals surface area (Å²) in [4.78, 5) is 33.0. The van der Waals surface area contributed by atoms with Crippen molar-refractivity contribution in [2.45, 2.75) is 13.8 Å². The molecule has 0 saturated heterocycles. The van der Waals surface area contributed by atoms with Gasteiger partial charge in [-0.2, -0.15) is 0 Å². The number of aliphatic imine (C=N–C) groups is 1. The predicted octanol–water partition coefficient (Wildman–Crippen LogP) is 2.81. The summed E-state index contributed by atoms with van der Waals surface area (Å²) in [5.74, 6) is 0.107. The summed E-state index contributed by atoms with van der Waals surface area (Å²) in [6, 6.07) is 3.07. The lowest BCUT2D eigenvalue weighted by molar-refractivity contribution is 0.0524. The first-order valence-electron chi connectivity index (χ1n) is 7.02. The lowest BCUT2D eigenvalue weighted by Crippen LogP contribution is -2.23. The Kier molecular flexibility index (Phi) is 5.79. The van der Waals surface area contributed by atoms with E-state index in [9.17, 15) is 9.59 Å². The van der Waals surface area contributed by atoms with Crippen LogP contribution in [0.2, 0.25) is 5.15 Å². The van der Waals surface area contributed by atoms with Gasteiger partial charge in [-0.3, -0.25) is 14.4 Å². The third-order valence-electron chi connectivity index (χ3n) is 2.98. The number of aromatic nitrogens is 2. The van der Waals surface area contributed by atoms with Crippen molar-refractivity contribution in [1.29, 1.82) is 0 Å². The fourth-order valence-corrected chi connectivity index (χ4v) is 2.86. The van der Waals surface area contributed by atoms with Crippen molar-refractivity contribution >= 4 is 45.5 Å². The van der Waals surface area contributed by atoms with Crippen LogP contribution in [0.5, 0.6) is 0 Å². The van der Waals surface area contributed by atoms with Crippen LogP contribution in [0, 0.1) is 0 Å². The fraction of sp³-hybridized carbons (Fsp3) is 0.333. The van der Waals surface area contributed by atoms with Gasteiger partial charge in [-0.15, -0.1) is 0 Å². The number of hydrogen-bond donors (Lipinski definition) is 0. The zero-order valence-corrected chi connectivity index (χ0v) is 14.6. The maximum atomic E-state index is 12.5. The van der Waals surface area contributed by atoms with Crippen LogP contribution in [-0.4, -0.2) is 40.1 Å². The summed E-state index contributed by atoms with van der Waals surface area (Å²) < 4.78 is 6.56. The van der Waals surface area contributed by atoms with Crippen molar-refractivity contribution in [2.24, 2.45) is 4.99 Å². The monoisotopic (exact) mass is 353 g/mol. The number of esters is 1. The topological polar surface area (TPSA) is 73.6 Å². The van der Waals surface area contributed by atoms with Crippen LogP contribution in [0.3, 0.4) is 0 Å². The first-order chi connectivity index (χ1) is 11.0. The van der Waals surface area contributed by atoms with Crippen LogP contribution in [-0.2, 0) is 4.74 Å². The van der Waals surface area contributed by atoms with Gasteiger partial charge >= 0.3 is 5.97 Å². The molecule has 0 bridgehead atoms. The molecule has 2 aromatic rings. The summed E-state index contributed by atoms with van der Waals surface area (Å²) in [6.07, 6.45) is 1.41. The second-order valence-electron chi connectivity index (χ2n) is 4.41. The minimum Gasteiger partial charge on any atom is -0.462 e. The Hall–Kier alpha value is -1.86. The summed E-state index contributed by atoms with van der Waals surface area (Å²) >= 11 is 7.42. The molecule has 0 spiro atoms. The number of carbonyl (C=O) groups is 1. The first-order valence-corrected chi connectivity index (χ1v) is 8.38. The molecule has 23 heavy (non-hydrogen) atoms. The Labute approximate surface area is 142 Å². The van der Waals surface area contributed by atoms with E-state index in [1.54, 1.807) is 24.6 Å². The van der Waals surface area contributed by atoms with Crippen molar-refractivity contribution in [3.63, 3.8) is 0 Å². The van der Waals surface area contributed by atoms with E-state index in [-0.39, 0.29) is 22.7 Å². The highest BCUT2D eigenvalue weighted by molar-refractivity contribution is 8.13. The molecule has 2 rings (SSSR count). The van der Waals surface area contributed by atoms with E-state index in [4.69, 9.17) is 16.3 Å². The van der Waals surface area contributed by atoms with Gasteiger partial charge < -0.3 is 4.74 Å². The van der Waals surface area contributed by atoms with Gasteiger partial charge in [0, 0.05) is 13.2 Å². The van der Waals surface area contributed by atoms with Crippen LogP contribution in [0.1, 0.15) is 24.2 Å². The van der Waals surface area contributed by atoms with Crippen molar-refractivity contribution in [2.75, 3.05) is 19.4 Å². The van der Waals surface area contributed by atoms with Gasteiger partial charge in [-0.05, 0) is 24.8 Å². The van der Waals surface area contributed by atoms with E-state index in [0.29, 0.717) is 10.8 Å². The standard InChI is InChI=1S/C15H16ClN3O3S/c1-4-22-14(21)10-8-19(15(17-3)23-5-2)13-9(12(10)20)6-7-11(16)18-13/h6-8H,4-5H2,1-3H3. The summed E-state index contributed by atoms with van der Waals surface area (Å²) in [7, 11) is 1.64. The van der Waals surface area contributed by atoms with Crippen LogP contribution >= 0.6 is 23.4 Å². The SMILES string of the molecule is CCOC(=O)c1cn(C(=NC)SCC)c2nc(Cl)ccc2c1=O. The number of rotatable bonds is 3. The Morgan fingerprint density at radius 1 is 1.43 bits per heavy atom. The van der Waals surface area contributed by atoms with Gasteiger partial charge in [-0.25, -0.2) is 9.78 Å². The third kappa shape index (κ3) is 3.56. The highest BCUT2D eigenvalue weighted by Crippen LogP contribution is 2.17. The predicted molar refractivity (Wildman–Crippen MR) is 93.9 cm³/mol. The molecular weight excluding hydrogens is 338 g/mol. The maximum Gasteiger partial charge on any atom is 0.343 e. The number of pyridine rings is 2. The quantitative estimate of drug-likeness (QED) is 0.367. The summed E-state index contributed by atoms with van der Waals surface area (Å²) in [6.45, 7) is 3.85. The highest BCUT2D eigenvalue weighted by Gasteiger charge is 2.19. The molecule has 0 aromatic carbocycles. The van der Waals surface area contributed by atoms with Crippen LogP contribution in [0.15, 0.2) is 28.1 Å². The average molecular weight is 354 g/mol. The number of nitrogens with zero attached hydrogens (tertiary/aromatic N) is 3. The van der Waals surface area contributed by atoms with Crippen molar-refractivity contribution < 1.29 is 9.53 Å². The molecule has 0 amide bonds. The summed E-state index contributed by atoms with van der Waals surface area (Å²) in [5.41, 5.74) is -0.130. The van der Waals surface area contributed by atoms with Gasteiger partial charge in [0.1, 0.15) is 10.7 Å². The van der Waals surface area contributed by atoms with Crippen LogP contribution in [0.25, 0.3) is 11.0 Å². The minimum atomic E-state index is -0.667. The average Bonchev–Trinajstić information content (AvgIpc) is 2.53. The fourth-order valence-electron chi connectivity index (χ4n) is 2.05. The molecule has 6 nitrogen and oxygen atoms in total. The van der Waals surface area contributed by atoms with Gasteiger partial charge in [0.05, 0.1) is 12.0 Å². The number of ether oxygens (including phenoxy) is 1. The molecule has 0 aliphatic heterocycles. The number of carbonyl (C=O) groups excluding carboxylic acids is 1. The van der Waals surface area contributed by atoms with Crippen LogP contribution in [0.4, 0.5) is 0 Å².